The molecule has 1 aromatic rings. The van der Waals surface area contributed by atoms with Crippen LogP contribution in [0.2, 0.25) is 0 Å². The molecule has 0 bridgehead atoms. The predicted molar refractivity (Wildman–Crippen MR) is 59.8 cm³/mol. The highest BCUT2D eigenvalue weighted by Crippen LogP contribution is 2.26. The molecular formula is C9H10N4O4. The third kappa shape index (κ3) is 3.16. The Morgan fingerprint density at radius 2 is 2.29 bits per heavy atom. The van der Waals surface area contributed by atoms with Crippen LogP contribution in [0, 0.1) is 17.0 Å². The number of nitrogens with zero attached hydrogens (tertiary/aromatic N) is 2. The summed E-state index contributed by atoms with van der Waals surface area (Å²) < 4.78 is 0. The Morgan fingerprint density at radius 1 is 1.65 bits per heavy atom. The lowest BCUT2D eigenvalue weighted by Gasteiger charge is -2.02. The van der Waals surface area contributed by atoms with Gasteiger partial charge in [-0.05, 0) is 12.5 Å². The number of phenols is 1. The molecule has 1 rings (SSSR count). The maximum atomic E-state index is 10.6. The SMILES string of the molecule is Cc1cc([N+](=O)[O-])cc(C=NNC(N)=O)c1O. The Labute approximate surface area is 95.9 Å². The van der Waals surface area contributed by atoms with Gasteiger partial charge < -0.3 is 10.8 Å². The maximum Gasteiger partial charge on any atom is 0.332 e. The number of nitrogens with two attached hydrogens (primary N) is 1. The number of nitro benzene ring substituents is 1. The van der Waals surface area contributed by atoms with Gasteiger partial charge in [-0.1, -0.05) is 0 Å². The summed E-state index contributed by atoms with van der Waals surface area (Å²) in [6, 6.07) is 1.49. The average Bonchev–Trinajstić information content (AvgIpc) is 2.23. The highest BCUT2D eigenvalue weighted by molar-refractivity contribution is 5.86. The fraction of sp³-hybridized carbons (Fsp3) is 0.111. The van der Waals surface area contributed by atoms with Crippen molar-refractivity contribution in [2.45, 2.75) is 6.92 Å². The summed E-state index contributed by atoms with van der Waals surface area (Å²) in [6.45, 7) is 1.52. The number of non-ortho nitro benzene ring substituents is 1. The molecule has 0 spiro atoms. The zero-order chi connectivity index (χ0) is 13.0. The number of hydrogen-bond donors (Lipinski definition) is 3. The summed E-state index contributed by atoms with van der Waals surface area (Å²) in [5.74, 6) is -0.148. The summed E-state index contributed by atoms with van der Waals surface area (Å²) >= 11 is 0. The van der Waals surface area contributed by atoms with Crippen molar-refractivity contribution in [2.24, 2.45) is 10.8 Å². The predicted octanol–water partition coefficient (Wildman–Crippen LogP) is 0.611. The van der Waals surface area contributed by atoms with Gasteiger partial charge in [0.15, 0.2) is 0 Å². The zero-order valence-corrected chi connectivity index (χ0v) is 8.88. The van der Waals surface area contributed by atoms with E-state index >= 15 is 0 Å². The Kier molecular flexibility index (Phi) is 3.60. The topological polar surface area (TPSA) is 131 Å². The Hall–Kier alpha value is -2.64. The molecule has 1 aromatic carbocycles. The second kappa shape index (κ2) is 4.92. The first-order valence-electron chi connectivity index (χ1n) is 4.48. The van der Waals surface area contributed by atoms with Gasteiger partial charge in [0.1, 0.15) is 5.75 Å². The molecule has 0 saturated heterocycles. The molecule has 2 amide bonds. The molecule has 0 aliphatic carbocycles. The normalized spacial score (nSPS) is 10.4. The molecule has 8 nitrogen and oxygen atoms in total. The highest BCUT2D eigenvalue weighted by atomic mass is 16.6. The van der Waals surface area contributed by atoms with Crippen LogP contribution in [0.25, 0.3) is 0 Å². The van der Waals surface area contributed by atoms with E-state index in [0.29, 0.717) is 5.56 Å². The number of phenolic OH excluding ortho intramolecular Hbond substituents is 1. The van der Waals surface area contributed by atoms with Gasteiger partial charge >= 0.3 is 6.03 Å². The van der Waals surface area contributed by atoms with Crippen molar-refractivity contribution in [3.05, 3.63) is 33.4 Å². The van der Waals surface area contributed by atoms with Crippen molar-refractivity contribution < 1.29 is 14.8 Å². The molecule has 17 heavy (non-hydrogen) atoms. The molecular weight excluding hydrogens is 228 g/mol. The van der Waals surface area contributed by atoms with E-state index in [4.69, 9.17) is 5.73 Å². The fourth-order valence-corrected chi connectivity index (χ4v) is 1.16. The van der Waals surface area contributed by atoms with Crippen LogP contribution in [0.4, 0.5) is 10.5 Å². The van der Waals surface area contributed by atoms with Gasteiger partial charge in [0.2, 0.25) is 0 Å². The van der Waals surface area contributed by atoms with E-state index in [2.05, 4.69) is 5.10 Å². The smallest absolute Gasteiger partial charge is 0.332 e. The number of hydrogen-bond acceptors (Lipinski definition) is 5. The number of nitrogens with one attached hydrogen (secondary N) is 1. The number of primary amides is 1. The molecule has 0 radical (unpaired) electrons. The standard InChI is InChI=1S/C9H10N4O4/c1-5-2-7(13(16)17)3-6(8(5)14)4-11-12-9(10)15/h2-4,14H,1H3,(H3,10,12,15). The summed E-state index contributed by atoms with van der Waals surface area (Å²) in [5.41, 5.74) is 6.95. The van der Waals surface area contributed by atoms with Gasteiger partial charge in [-0.3, -0.25) is 10.1 Å². The van der Waals surface area contributed by atoms with Crippen LogP contribution in [-0.4, -0.2) is 22.3 Å². The maximum absolute atomic E-state index is 10.6. The number of carbonyl (C=O) groups excluding carboxylic acids is 1. The Balaban J connectivity index is 3.09. The molecule has 0 fully saturated rings. The summed E-state index contributed by atoms with van der Waals surface area (Å²) in [5, 5.41) is 23.6. The third-order valence-corrected chi connectivity index (χ3v) is 1.90. The van der Waals surface area contributed by atoms with E-state index < -0.39 is 11.0 Å². The van der Waals surface area contributed by atoms with Crippen molar-refractivity contribution in [3.63, 3.8) is 0 Å². The van der Waals surface area contributed by atoms with E-state index in [0.717, 1.165) is 12.3 Å². The van der Waals surface area contributed by atoms with Crippen LogP contribution >= 0.6 is 0 Å². The first-order valence-corrected chi connectivity index (χ1v) is 4.48. The minimum Gasteiger partial charge on any atom is -0.507 e. The van der Waals surface area contributed by atoms with Crippen LogP contribution in [0.15, 0.2) is 17.2 Å². The minimum absolute atomic E-state index is 0.116. The molecule has 8 heteroatoms. The van der Waals surface area contributed by atoms with E-state index in [1.807, 2.05) is 5.43 Å². The van der Waals surface area contributed by atoms with Gasteiger partial charge in [0.25, 0.3) is 5.69 Å². The van der Waals surface area contributed by atoms with Gasteiger partial charge in [0.05, 0.1) is 11.1 Å². The monoisotopic (exact) mass is 238 g/mol. The van der Waals surface area contributed by atoms with Gasteiger partial charge in [-0.2, -0.15) is 5.10 Å². The van der Waals surface area contributed by atoms with Gasteiger partial charge in [0, 0.05) is 17.7 Å². The second-order valence-corrected chi connectivity index (χ2v) is 3.19. The van der Waals surface area contributed by atoms with Crippen molar-refractivity contribution >= 4 is 17.9 Å². The zero-order valence-electron chi connectivity index (χ0n) is 8.88. The van der Waals surface area contributed by atoms with Gasteiger partial charge in [-0.15, -0.1) is 0 Å². The van der Waals surface area contributed by atoms with E-state index in [1.54, 1.807) is 0 Å². The van der Waals surface area contributed by atoms with Gasteiger partial charge in [-0.25, -0.2) is 10.2 Å². The van der Waals surface area contributed by atoms with Crippen molar-refractivity contribution in [1.82, 2.24) is 5.43 Å². The summed E-state index contributed by atoms with van der Waals surface area (Å²) in [7, 11) is 0. The molecule has 0 unspecified atom stereocenters. The van der Waals surface area contributed by atoms with Crippen LogP contribution in [0.5, 0.6) is 5.75 Å². The Bertz CT molecular complexity index is 498. The van der Waals surface area contributed by atoms with Crippen LogP contribution in [0.3, 0.4) is 0 Å². The van der Waals surface area contributed by atoms with E-state index in [-0.39, 0.29) is 17.0 Å². The Morgan fingerprint density at radius 3 is 2.82 bits per heavy atom. The molecule has 90 valence electrons. The quantitative estimate of drug-likeness (QED) is 0.404. The molecule has 0 aliphatic heterocycles. The lowest BCUT2D eigenvalue weighted by atomic mass is 10.1. The largest absolute Gasteiger partial charge is 0.507 e. The molecule has 0 heterocycles. The van der Waals surface area contributed by atoms with E-state index in [9.17, 15) is 20.0 Å². The van der Waals surface area contributed by atoms with Crippen LogP contribution in [-0.2, 0) is 0 Å². The molecule has 0 aromatic heterocycles. The molecule has 0 saturated carbocycles. The van der Waals surface area contributed by atoms with Crippen molar-refractivity contribution in [3.8, 4) is 5.75 Å². The molecule has 4 N–H and O–H groups in total. The fourth-order valence-electron chi connectivity index (χ4n) is 1.16. The average molecular weight is 238 g/mol. The first kappa shape index (κ1) is 12.4. The van der Waals surface area contributed by atoms with Crippen molar-refractivity contribution in [2.75, 3.05) is 0 Å². The minimum atomic E-state index is -0.872. The number of aryl methyl sites for hydroxylation is 1. The highest BCUT2D eigenvalue weighted by Gasteiger charge is 2.12. The molecule has 0 atom stereocenters. The summed E-state index contributed by atoms with van der Waals surface area (Å²) in [4.78, 5) is 20.3. The second-order valence-electron chi connectivity index (χ2n) is 3.19. The van der Waals surface area contributed by atoms with E-state index in [1.165, 1.54) is 13.0 Å². The molecule has 0 aliphatic rings. The lowest BCUT2D eigenvalue weighted by molar-refractivity contribution is -0.384. The lowest BCUT2D eigenvalue weighted by Crippen LogP contribution is -2.24. The number of benzene rings is 1. The summed E-state index contributed by atoms with van der Waals surface area (Å²) in [6.07, 6.45) is 1.07. The first-order chi connectivity index (χ1) is 7.91. The number of hydrazone groups is 1. The number of rotatable bonds is 3. The van der Waals surface area contributed by atoms with Crippen molar-refractivity contribution in [1.29, 1.82) is 0 Å². The number of amides is 2. The van der Waals surface area contributed by atoms with Crippen LogP contribution < -0.4 is 11.2 Å². The number of aromatic hydroxyl groups is 1. The van der Waals surface area contributed by atoms with Crippen LogP contribution in [0.1, 0.15) is 11.1 Å². The third-order valence-electron chi connectivity index (χ3n) is 1.90. The number of nitro groups is 1. The number of urea groups is 1. The number of carbonyl (C=O) groups is 1.